The first-order valence-electron chi connectivity index (χ1n) is 19.6. The van der Waals surface area contributed by atoms with E-state index in [0.29, 0.717) is 30.8 Å². The fraction of sp³-hybridized carbons (Fsp3) is 0.702. The number of esters is 2. The summed E-state index contributed by atoms with van der Waals surface area (Å²) in [5.74, 6) is 0.0959. The van der Waals surface area contributed by atoms with Crippen LogP contribution in [0, 0.1) is 22.2 Å². The number of ether oxygens (including phenoxy) is 2. The summed E-state index contributed by atoms with van der Waals surface area (Å²) in [4.78, 5) is 26.5. The first-order chi connectivity index (χ1) is 23.6. The van der Waals surface area contributed by atoms with Crippen molar-refractivity contribution in [2.24, 2.45) is 22.2 Å². The van der Waals surface area contributed by atoms with Gasteiger partial charge in [0.2, 0.25) is 0 Å². The van der Waals surface area contributed by atoms with Crippen molar-refractivity contribution in [3.05, 3.63) is 57.6 Å². The van der Waals surface area contributed by atoms with Crippen LogP contribution in [0.25, 0.3) is 0 Å². The lowest BCUT2D eigenvalue weighted by Crippen LogP contribution is -2.33. The third kappa shape index (κ3) is 13.4. The van der Waals surface area contributed by atoms with Crippen molar-refractivity contribution in [2.75, 3.05) is 13.2 Å². The first-order valence-corrected chi connectivity index (χ1v) is 19.6. The Morgan fingerprint density at radius 3 is 1.15 bits per heavy atom. The van der Waals surface area contributed by atoms with E-state index < -0.39 is 5.41 Å². The van der Waals surface area contributed by atoms with Crippen LogP contribution in [0.15, 0.2) is 24.3 Å². The van der Waals surface area contributed by atoms with Crippen LogP contribution >= 0.6 is 0 Å². The van der Waals surface area contributed by atoms with E-state index in [2.05, 4.69) is 135 Å². The summed E-state index contributed by atoms with van der Waals surface area (Å²) in [6, 6.07) is 8.38. The topological polar surface area (TPSA) is 93.1 Å². The standard InChI is InChI=1S/C47H76O6/c1-30(20-37(48)52-28-45(14,15)26-31-21-33(41(2,3)4)38(49)34(22-31)42(5,6)7)25-47(18,19)40(51)53-29-46(16,17)27-32-23-35(43(8,9)10)39(50)36(24-32)44(11,12)13/h21-24,30,49-50H,20,25-29H2,1-19H3. The molecule has 0 amide bonds. The lowest BCUT2D eigenvalue weighted by Gasteiger charge is -2.32. The second kappa shape index (κ2) is 16.0. The molecule has 2 rings (SSSR count). The highest BCUT2D eigenvalue weighted by molar-refractivity contribution is 5.76. The van der Waals surface area contributed by atoms with E-state index in [1.165, 1.54) is 0 Å². The summed E-state index contributed by atoms with van der Waals surface area (Å²) in [6.45, 7) is 40.0. The van der Waals surface area contributed by atoms with Gasteiger partial charge in [-0.15, -0.1) is 0 Å². The van der Waals surface area contributed by atoms with Gasteiger partial charge in [-0.2, -0.15) is 0 Å². The number of rotatable bonds is 13. The highest BCUT2D eigenvalue weighted by Crippen LogP contribution is 2.43. The second-order valence-electron chi connectivity index (χ2n) is 22.4. The molecule has 2 aromatic carbocycles. The maximum Gasteiger partial charge on any atom is 0.311 e. The molecule has 0 aliphatic heterocycles. The molecule has 0 aliphatic carbocycles. The minimum Gasteiger partial charge on any atom is -0.507 e. The third-order valence-corrected chi connectivity index (χ3v) is 10.1. The van der Waals surface area contributed by atoms with E-state index in [1.54, 1.807) is 0 Å². The Hall–Kier alpha value is -3.02. The van der Waals surface area contributed by atoms with Gasteiger partial charge in [0.25, 0.3) is 0 Å². The highest BCUT2D eigenvalue weighted by atomic mass is 16.5. The lowest BCUT2D eigenvalue weighted by molar-refractivity contribution is -0.159. The van der Waals surface area contributed by atoms with Gasteiger partial charge in [0, 0.05) is 17.3 Å². The number of carbonyl (C=O) groups excluding carboxylic acids is 2. The van der Waals surface area contributed by atoms with Crippen LogP contribution in [0.3, 0.4) is 0 Å². The number of hydrogen-bond acceptors (Lipinski definition) is 6. The van der Waals surface area contributed by atoms with Gasteiger partial charge in [-0.05, 0) is 94.1 Å². The number of phenols is 2. The fourth-order valence-electron chi connectivity index (χ4n) is 7.19. The highest BCUT2D eigenvalue weighted by Gasteiger charge is 2.35. The van der Waals surface area contributed by atoms with E-state index in [0.717, 1.165) is 33.4 Å². The van der Waals surface area contributed by atoms with Crippen molar-refractivity contribution >= 4 is 11.9 Å². The summed E-state index contributed by atoms with van der Waals surface area (Å²) in [5.41, 5.74) is 3.61. The molecule has 0 saturated carbocycles. The number of benzene rings is 2. The number of aromatic hydroxyl groups is 2. The summed E-state index contributed by atoms with van der Waals surface area (Å²) < 4.78 is 11.8. The fourth-order valence-corrected chi connectivity index (χ4v) is 7.19. The Bertz CT molecular complexity index is 1530. The molecule has 0 heterocycles. The van der Waals surface area contributed by atoms with Crippen molar-refractivity contribution in [1.82, 2.24) is 0 Å². The second-order valence-corrected chi connectivity index (χ2v) is 22.4. The smallest absolute Gasteiger partial charge is 0.311 e. The Morgan fingerprint density at radius 1 is 0.547 bits per heavy atom. The van der Waals surface area contributed by atoms with Crippen LogP contribution in [-0.4, -0.2) is 35.4 Å². The summed E-state index contributed by atoms with van der Waals surface area (Å²) in [7, 11) is 0. The summed E-state index contributed by atoms with van der Waals surface area (Å²) >= 11 is 0. The molecule has 0 fully saturated rings. The number of carbonyl (C=O) groups is 2. The van der Waals surface area contributed by atoms with Crippen molar-refractivity contribution in [3.63, 3.8) is 0 Å². The molecular formula is C47H76O6. The molecule has 0 saturated heterocycles. The molecule has 1 unspecified atom stereocenters. The minimum atomic E-state index is -0.777. The van der Waals surface area contributed by atoms with Gasteiger partial charge in [0.05, 0.1) is 18.6 Å². The van der Waals surface area contributed by atoms with Gasteiger partial charge < -0.3 is 19.7 Å². The largest absolute Gasteiger partial charge is 0.507 e. The average molecular weight is 737 g/mol. The molecule has 0 aliphatic rings. The van der Waals surface area contributed by atoms with E-state index >= 15 is 0 Å². The number of phenolic OH excluding ortho intramolecular Hbond substituents is 2. The van der Waals surface area contributed by atoms with Crippen LogP contribution in [0.5, 0.6) is 11.5 Å². The molecule has 53 heavy (non-hydrogen) atoms. The maximum atomic E-state index is 13.4. The molecule has 6 heteroatoms. The molecule has 0 radical (unpaired) electrons. The molecule has 6 nitrogen and oxygen atoms in total. The molecule has 2 aromatic rings. The van der Waals surface area contributed by atoms with Crippen LogP contribution in [0.4, 0.5) is 0 Å². The van der Waals surface area contributed by atoms with Crippen LogP contribution in [-0.2, 0) is 53.6 Å². The Balaban J connectivity index is 2.03. The average Bonchev–Trinajstić information content (AvgIpc) is 2.93. The predicted octanol–water partition coefficient (Wildman–Crippen LogP) is 11.7. The normalized spacial score (nSPS) is 14.2. The van der Waals surface area contributed by atoms with Gasteiger partial charge in [-0.25, -0.2) is 0 Å². The Morgan fingerprint density at radius 2 is 0.849 bits per heavy atom. The maximum absolute atomic E-state index is 13.4. The Kier molecular flexibility index (Phi) is 13.9. The van der Waals surface area contributed by atoms with Gasteiger partial charge in [0.1, 0.15) is 11.5 Å². The van der Waals surface area contributed by atoms with Crippen LogP contribution in [0.2, 0.25) is 0 Å². The molecule has 300 valence electrons. The van der Waals surface area contributed by atoms with Crippen molar-refractivity contribution in [3.8, 4) is 11.5 Å². The molecule has 0 bridgehead atoms. The van der Waals surface area contributed by atoms with E-state index in [4.69, 9.17) is 9.47 Å². The summed E-state index contributed by atoms with van der Waals surface area (Å²) in [5, 5.41) is 22.3. The molecule has 1 atom stereocenters. The quantitative estimate of drug-likeness (QED) is 0.199. The lowest BCUT2D eigenvalue weighted by atomic mass is 9.76. The van der Waals surface area contributed by atoms with E-state index in [9.17, 15) is 19.8 Å². The zero-order chi connectivity index (χ0) is 41.3. The van der Waals surface area contributed by atoms with E-state index in [-0.39, 0.29) is 70.0 Å². The summed E-state index contributed by atoms with van der Waals surface area (Å²) in [6.07, 6.45) is 2.09. The SMILES string of the molecule is CC(CC(=O)OCC(C)(C)Cc1cc(C(C)(C)C)c(O)c(C(C)(C)C)c1)CC(C)(C)C(=O)OCC(C)(C)Cc1cc(C(C)(C)C)c(O)c(C(C)(C)C)c1. The van der Waals surface area contributed by atoms with Gasteiger partial charge >= 0.3 is 11.9 Å². The number of hydrogen-bond donors (Lipinski definition) is 2. The van der Waals surface area contributed by atoms with Crippen molar-refractivity contribution in [1.29, 1.82) is 0 Å². The predicted molar refractivity (Wildman–Crippen MR) is 220 cm³/mol. The van der Waals surface area contributed by atoms with E-state index in [1.807, 2.05) is 20.8 Å². The van der Waals surface area contributed by atoms with Crippen molar-refractivity contribution in [2.45, 2.75) is 179 Å². The van der Waals surface area contributed by atoms with Gasteiger partial charge in [0.15, 0.2) is 0 Å². The monoisotopic (exact) mass is 737 g/mol. The minimum absolute atomic E-state index is 0.0782. The van der Waals surface area contributed by atoms with Crippen LogP contribution < -0.4 is 0 Å². The zero-order valence-electron chi connectivity index (χ0n) is 37.2. The van der Waals surface area contributed by atoms with Crippen LogP contribution in [0.1, 0.15) is 178 Å². The first kappa shape index (κ1) is 46.1. The Labute approximate surface area is 323 Å². The van der Waals surface area contributed by atoms with Crippen molar-refractivity contribution < 1.29 is 29.3 Å². The zero-order valence-corrected chi connectivity index (χ0v) is 37.2. The molecule has 0 spiro atoms. The van der Waals surface area contributed by atoms with Gasteiger partial charge in [-0.1, -0.05) is 142 Å². The molecular weight excluding hydrogens is 661 g/mol. The third-order valence-electron chi connectivity index (χ3n) is 10.1. The molecule has 2 N–H and O–H groups in total. The molecule has 0 aromatic heterocycles. The van der Waals surface area contributed by atoms with Gasteiger partial charge in [-0.3, -0.25) is 9.59 Å².